The summed E-state index contributed by atoms with van der Waals surface area (Å²) in [6.07, 6.45) is 3.23. The monoisotopic (exact) mass is 568 g/mol. The van der Waals surface area contributed by atoms with E-state index in [1.165, 1.54) is 11.1 Å². The van der Waals surface area contributed by atoms with Crippen molar-refractivity contribution in [2.45, 2.75) is 59.2 Å². The molecular formula is C34H40N4O4. The Bertz CT molecular complexity index is 1580. The zero-order valence-electron chi connectivity index (χ0n) is 25.2. The maximum Gasteiger partial charge on any atom is 0.356 e. The third kappa shape index (κ3) is 6.10. The largest absolute Gasteiger partial charge is 0.488 e. The predicted octanol–water partition coefficient (Wildman–Crippen LogP) is 6.22. The third-order valence-corrected chi connectivity index (χ3v) is 8.30. The minimum Gasteiger partial charge on any atom is -0.488 e. The molecule has 0 bridgehead atoms. The van der Waals surface area contributed by atoms with E-state index in [4.69, 9.17) is 14.5 Å². The first-order chi connectivity index (χ1) is 20.3. The number of carbonyl (C=O) groups is 1. The van der Waals surface area contributed by atoms with E-state index in [1.54, 1.807) is 25.8 Å². The fraction of sp³-hybridized carbons (Fsp3) is 0.382. The van der Waals surface area contributed by atoms with Gasteiger partial charge in [0.05, 0.1) is 17.1 Å². The van der Waals surface area contributed by atoms with Crippen LogP contribution in [0.1, 0.15) is 58.1 Å². The molecule has 1 aliphatic rings. The van der Waals surface area contributed by atoms with Crippen molar-refractivity contribution in [2.75, 3.05) is 20.3 Å². The lowest BCUT2D eigenvalue weighted by Crippen LogP contribution is -2.39. The first kappa shape index (κ1) is 29.5. The first-order valence-corrected chi connectivity index (χ1v) is 14.6. The highest BCUT2D eigenvalue weighted by molar-refractivity contribution is 5.89. The van der Waals surface area contributed by atoms with Gasteiger partial charge in [0.15, 0.2) is 5.69 Å². The molecule has 1 aliphatic heterocycles. The lowest BCUT2D eigenvalue weighted by Gasteiger charge is -2.35. The van der Waals surface area contributed by atoms with Crippen LogP contribution in [0.3, 0.4) is 0 Å². The molecule has 1 unspecified atom stereocenters. The number of carboxylic acids is 1. The number of para-hydroxylation sites is 1. The van der Waals surface area contributed by atoms with E-state index in [0.29, 0.717) is 29.6 Å². The molecule has 42 heavy (non-hydrogen) atoms. The Balaban J connectivity index is 1.36. The molecule has 0 amide bonds. The van der Waals surface area contributed by atoms with Gasteiger partial charge in [-0.15, -0.1) is 0 Å². The molecule has 0 saturated heterocycles. The van der Waals surface area contributed by atoms with Crippen molar-refractivity contribution in [2.24, 2.45) is 7.05 Å². The van der Waals surface area contributed by atoms with Crippen LogP contribution in [0.5, 0.6) is 5.75 Å². The van der Waals surface area contributed by atoms with Gasteiger partial charge in [-0.25, -0.2) is 9.78 Å². The van der Waals surface area contributed by atoms with Gasteiger partial charge >= 0.3 is 5.97 Å². The number of hydrogen-bond donors (Lipinski definition) is 1. The predicted molar refractivity (Wildman–Crippen MR) is 164 cm³/mol. The number of hydrogen-bond acceptors (Lipinski definition) is 6. The molecule has 0 fully saturated rings. The standard InChI is InChI=1S/C34H40N4O4/c1-6-27(16-18-41-5)38-17-15-25-19-24(13-14-26(25)20-38)21-42-33-22(2)9-7-10-28(33)29-11-8-12-30(35-29)32-23(3)31(34(39)40)36-37(32)4/h7-14,19,27H,6,15-18,20-21H2,1-5H3,(H,39,40). The number of nitrogens with zero attached hydrogens (tertiary/aromatic N) is 4. The maximum atomic E-state index is 11.6. The van der Waals surface area contributed by atoms with Gasteiger partial charge in [-0.2, -0.15) is 5.10 Å². The summed E-state index contributed by atoms with van der Waals surface area (Å²) in [4.78, 5) is 19.1. The van der Waals surface area contributed by atoms with Gasteiger partial charge < -0.3 is 14.6 Å². The molecular weight excluding hydrogens is 528 g/mol. The molecule has 2 aromatic carbocycles. The van der Waals surface area contributed by atoms with Gasteiger partial charge in [0.2, 0.25) is 0 Å². The van der Waals surface area contributed by atoms with E-state index in [1.807, 2.05) is 43.3 Å². The lowest BCUT2D eigenvalue weighted by molar-refractivity contribution is 0.0689. The molecule has 1 N–H and O–H groups in total. The van der Waals surface area contributed by atoms with Gasteiger partial charge in [-0.3, -0.25) is 9.58 Å². The van der Waals surface area contributed by atoms with Gasteiger partial charge in [0.1, 0.15) is 12.4 Å². The van der Waals surface area contributed by atoms with Gasteiger partial charge in [-0.05, 0) is 73.6 Å². The number of rotatable bonds is 11. The number of aryl methyl sites for hydroxylation is 2. The van der Waals surface area contributed by atoms with Crippen molar-refractivity contribution in [3.8, 4) is 28.4 Å². The van der Waals surface area contributed by atoms with Crippen LogP contribution in [0.25, 0.3) is 22.6 Å². The molecule has 8 nitrogen and oxygen atoms in total. The molecule has 0 aliphatic carbocycles. The van der Waals surface area contributed by atoms with E-state index in [-0.39, 0.29) is 5.69 Å². The van der Waals surface area contributed by atoms with Crippen molar-refractivity contribution in [1.29, 1.82) is 0 Å². The summed E-state index contributed by atoms with van der Waals surface area (Å²) in [5.41, 5.74) is 8.60. The molecule has 0 radical (unpaired) electrons. The van der Waals surface area contributed by atoms with Crippen molar-refractivity contribution in [1.82, 2.24) is 19.7 Å². The van der Waals surface area contributed by atoms with Crippen LogP contribution >= 0.6 is 0 Å². The summed E-state index contributed by atoms with van der Waals surface area (Å²) in [5, 5.41) is 13.7. The van der Waals surface area contributed by atoms with Crippen LogP contribution < -0.4 is 4.74 Å². The second kappa shape index (κ2) is 12.9. The van der Waals surface area contributed by atoms with Crippen molar-refractivity contribution < 1.29 is 19.4 Å². The van der Waals surface area contributed by atoms with E-state index < -0.39 is 5.97 Å². The maximum absolute atomic E-state index is 11.6. The molecule has 8 heteroatoms. The minimum atomic E-state index is -1.05. The number of fused-ring (bicyclic) bond motifs is 1. The number of methoxy groups -OCH3 is 1. The second-order valence-electron chi connectivity index (χ2n) is 11.1. The summed E-state index contributed by atoms with van der Waals surface area (Å²) in [6.45, 7) is 9.37. The van der Waals surface area contributed by atoms with Gasteiger partial charge in [0.25, 0.3) is 0 Å². The zero-order chi connectivity index (χ0) is 29.8. The van der Waals surface area contributed by atoms with E-state index in [9.17, 15) is 9.90 Å². The van der Waals surface area contributed by atoms with E-state index >= 15 is 0 Å². The van der Waals surface area contributed by atoms with Gasteiger partial charge in [-0.1, -0.05) is 43.3 Å². The quantitative estimate of drug-likeness (QED) is 0.230. The second-order valence-corrected chi connectivity index (χ2v) is 11.1. The number of aromatic carboxylic acids is 1. The average molecular weight is 569 g/mol. The molecule has 220 valence electrons. The summed E-state index contributed by atoms with van der Waals surface area (Å²) >= 11 is 0. The zero-order valence-corrected chi connectivity index (χ0v) is 25.2. The number of ether oxygens (including phenoxy) is 2. The first-order valence-electron chi connectivity index (χ1n) is 14.6. The smallest absolute Gasteiger partial charge is 0.356 e. The highest BCUT2D eigenvalue weighted by Crippen LogP contribution is 2.35. The summed E-state index contributed by atoms with van der Waals surface area (Å²) < 4.78 is 13.4. The Morgan fingerprint density at radius 3 is 2.60 bits per heavy atom. The summed E-state index contributed by atoms with van der Waals surface area (Å²) in [7, 11) is 3.51. The summed E-state index contributed by atoms with van der Waals surface area (Å²) in [5.74, 6) is -0.255. The minimum absolute atomic E-state index is 0.0355. The Morgan fingerprint density at radius 1 is 1.07 bits per heavy atom. The van der Waals surface area contributed by atoms with Crippen LogP contribution in [0.15, 0.2) is 54.6 Å². The molecule has 0 saturated carbocycles. The molecule has 3 heterocycles. The number of pyridine rings is 1. The Hall–Kier alpha value is -4.01. The molecule has 1 atom stereocenters. The van der Waals surface area contributed by atoms with Crippen LogP contribution in [0, 0.1) is 13.8 Å². The normalized spacial score (nSPS) is 14.0. The van der Waals surface area contributed by atoms with E-state index in [0.717, 1.165) is 67.1 Å². The van der Waals surface area contributed by atoms with E-state index in [2.05, 4.69) is 35.1 Å². The molecule has 5 rings (SSSR count). The number of aromatic nitrogens is 3. The highest BCUT2D eigenvalue weighted by atomic mass is 16.5. The third-order valence-electron chi connectivity index (χ3n) is 8.30. The van der Waals surface area contributed by atoms with Crippen LogP contribution in [0.4, 0.5) is 0 Å². The Morgan fingerprint density at radius 2 is 1.86 bits per heavy atom. The Kier molecular flexibility index (Phi) is 9.04. The average Bonchev–Trinajstić information content (AvgIpc) is 3.30. The van der Waals surface area contributed by atoms with Crippen molar-refractivity contribution >= 4 is 5.97 Å². The fourth-order valence-corrected chi connectivity index (χ4v) is 6.04. The fourth-order valence-electron chi connectivity index (χ4n) is 6.04. The van der Waals surface area contributed by atoms with Crippen molar-refractivity contribution in [3.63, 3.8) is 0 Å². The van der Waals surface area contributed by atoms with Crippen LogP contribution in [-0.4, -0.2) is 57.0 Å². The molecule has 2 aromatic heterocycles. The lowest BCUT2D eigenvalue weighted by atomic mass is 9.95. The van der Waals surface area contributed by atoms with Crippen LogP contribution in [-0.2, 0) is 31.4 Å². The van der Waals surface area contributed by atoms with Gasteiger partial charge in [0, 0.05) is 51.0 Å². The molecule has 4 aromatic rings. The highest BCUT2D eigenvalue weighted by Gasteiger charge is 2.23. The Labute approximate surface area is 247 Å². The van der Waals surface area contributed by atoms with Crippen LogP contribution in [0.2, 0.25) is 0 Å². The number of carboxylic acid groups (broad SMARTS) is 1. The number of benzene rings is 2. The topological polar surface area (TPSA) is 89.7 Å². The summed E-state index contributed by atoms with van der Waals surface area (Å²) in [6, 6.07) is 19.1. The van der Waals surface area contributed by atoms with Crippen molar-refractivity contribution in [3.05, 3.63) is 88.1 Å². The SMILES string of the molecule is CCC(CCOC)N1CCc2cc(COc3c(C)cccc3-c3cccc(-c4c(C)c(C(=O)O)nn4C)n3)ccc2C1. The molecule has 0 spiro atoms.